The minimum atomic E-state index is 0.253. The highest BCUT2D eigenvalue weighted by Gasteiger charge is 2.28. The van der Waals surface area contributed by atoms with Crippen LogP contribution in [0.3, 0.4) is 0 Å². The summed E-state index contributed by atoms with van der Waals surface area (Å²) in [4.78, 5) is 20.7. The number of likely N-dealkylation sites (tertiary alicyclic amines) is 1. The van der Waals surface area contributed by atoms with E-state index in [1.54, 1.807) is 0 Å². The largest absolute Gasteiger partial charge is 0.454 e. The molecule has 6 heteroatoms. The van der Waals surface area contributed by atoms with E-state index >= 15 is 0 Å². The van der Waals surface area contributed by atoms with Gasteiger partial charge in [-0.1, -0.05) is 0 Å². The van der Waals surface area contributed by atoms with Crippen LogP contribution in [0, 0.1) is 19.8 Å². The number of carbonyl (C=O) groups excluding carboxylic acids is 1. The molecule has 3 aliphatic heterocycles. The van der Waals surface area contributed by atoms with Crippen LogP contribution in [0.25, 0.3) is 0 Å². The number of benzene rings is 1. The first kappa shape index (κ1) is 21.8. The molecule has 1 amide bonds. The van der Waals surface area contributed by atoms with Gasteiger partial charge in [0.2, 0.25) is 12.7 Å². The maximum atomic E-state index is 13.0. The molecule has 1 aromatic carbocycles. The second-order valence-corrected chi connectivity index (χ2v) is 11.1. The Morgan fingerprint density at radius 3 is 2.69 bits per heavy atom. The second kappa shape index (κ2) is 9.44. The number of nitrogens with zero attached hydrogens (tertiary/aromatic N) is 2. The van der Waals surface area contributed by atoms with Gasteiger partial charge in [0.1, 0.15) is 0 Å². The third kappa shape index (κ3) is 4.81. The molecule has 4 heterocycles. The van der Waals surface area contributed by atoms with Gasteiger partial charge in [-0.05, 0) is 99.8 Å². The summed E-state index contributed by atoms with van der Waals surface area (Å²) in [5.41, 5.74) is 3.86. The Bertz CT molecular complexity index is 986. The van der Waals surface area contributed by atoms with Gasteiger partial charge < -0.3 is 19.3 Å². The van der Waals surface area contributed by atoms with E-state index in [9.17, 15) is 4.79 Å². The molecular weight excluding hydrogens is 420 g/mol. The molecule has 1 unspecified atom stereocenters. The van der Waals surface area contributed by atoms with E-state index in [1.165, 1.54) is 53.1 Å². The molecule has 5 rings (SSSR count). The third-order valence-electron chi connectivity index (χ3n) is 7.19. The van der Waals surface area contributed by atoms with Crippen molar-refractivity contribution in [3.05, 3.63) is 44.6 Å². The molecular formula is C26H34N2O3S. The molecule has 5 nitrogen and oxygen atoms in total. The SMILES string of the molecule is Cc1cc(CCCN2CCCC(CN3CCc4cc5c(cc4CC3=O)OCO5)C2)c(C)s1. The molecule has 0 aliphatic carbocycles. The molecule has 172 valence electrons. The van der Waals surface area contributed by atoms with Crippen molar-refractivity contribution in [2.75, 3.05) is 39.5 Å². The number of aryl methyl sites for hydroxylation is 3. The van der Waals surface area contributed by atoms with Crippen LogP contribution >= 0.6 is 11.3 Å². The molecule has 0 saturated carbocycles. The zero-order valence-corrected chi connectivity index (χ0v) is 20.1. The van der Waals surface area contributed by atoms with Crippen molar-refractivity contribution in [1.29, 1.82) is 0 Å². The van der Waals surface area contributed by atoms with Crippen LogP contribution in [-0.4, -0.2) is 55.2 Å². The lowest BCUT2D eigenvalue weighted by Crippen LogP contribution is -2.43. The molecule has 0 N–H and O–H groups in total. The van der Waals surface area contributed by atoms with Gasteiger partial charge in [-0.25, -0.2) is 0 Å². The summed E-state index contributed by atoms with van der Waals surface area (Å²) in [6, 6.07) is 6.44. The molecule has 32 heavy (non-hydrogen) atoms. The maximum Gasteiger partial charge on any atom is 0.231 e. The van der Waals surface area contributed by atoms with Crippen molar-refractivity contribution in [2.45, 2.75) is 52.4 Å². The molecule has 3 aliphatic rings. The number of amides is 1. The van der Waals surface area contributed by atoms with Crippen LogP contribution in [0.2, 0.25) is 0 Å². The highest BCUT2D eigenvalue weighted by molar-refractivity contribution is 7.12. The van der Waals surface area contributed by atoms with E-state index in [0.717, 1.165) is 49.7 Å². The van der Waals surface area contributed by atoms with E-state index in [1.807, 2.05) is 17.4 Å². The van der Waals surface area contributed by atoms with Crippen molar-refractivity contribution < 1.29 is 14.3 Å². The number of piperidine rings is 1. The fourth-order valence-corrected chi connectivity index (χ4v) is 6.49. The number of carbonyl (C=O) groups is 1. The number of hydrogen-bond acceptors (Lipinski definition) is 5. The first-order valence-corrected chi connectivity index (χ1v) is 12.8. The fourth-order valence-electron chi connectivity index (χ4n) is 5.51. The van der Waals surface area contributed by atoms with Crippen LogP contribution in [0.1, 0.15) is 45.7 Å². The van der Waals surface area contributed by atoms with Crippen LogP contribution in [0.4, 0.5) is 0 Å². The smallest absolute Gasteiger partial charge is 0.231 e. The lowest BCUT2D eigenvalue weighted by Gasteiger charge is -2.35. The van der Waals surface area contributed by atoms with Crippen molar-refractivity contribution in [3.8, 4) is 11.5 Å². The predicted octanol–water partition coefficient (Wildman–Crippen LogP) is 4.37. The molecule has 1 saturated heterocycles. The first-order valence-electron chi connectivity index (χ1n) is 12.0. The molecule has 0 radical (unpaired) electrons. The summed E-state index contributed by atoms with van der Waals surface area (Å²) < 4.78 is 11.1. The Morgan fingerprint density at radius 1 is 1.09 bits per heavy atom. The van der Waals surface area contributed by atoms with Crippen LogP contribution in [0.15, 0.2) is 18.2 Å². The van der Waals surface area contributed by atoms with E-state index < -0.39 is 0 Å². The monoisotopic (exact) mass is 454 g/mol. The third-order valence-corrected chi connectivity index (χ3v) is 8.19. The lowest BCUT2D eigenvalue weighted by molar-refractivity contribution is -0.131. The summed E-state index contributed by atoms with van der Waals surface area (Å²) in [6.45, 7) is 9.90. The summed E-state index contributed by atoms with van der Waals surface area (Å²) >= 11 is 1.91. The van der Waals surface area contributed by atoms with Crippen LogP contribution < -0.4 is 9.47 Å². The highest BCUT2D eigenvalue weighted by Crippen LogP contribution is 2.36. The zero-order chi connectivity index (χ0) is 22.1. The zero-order valence-electron chi connectivity index (χ0n) is 19.3. The van der Waals surface area contributed by atoms with Gasteiger partial charge in [0.15, 0.2) is 11.5 Å². The minimum absolute atomic E-state index is 0.253. The molecule has 1 aromatic heterocycles. The Labute approximate surface area is 195 Å². The van der Waals surface area contributed by atoms with E-state index in [2.05, 4.69) is 35.8 Å². The topological polar surface area (TPSA) is 42.0 Å². The summed E-state index contributed by atoms with van der Waals surface area (Å²) in [5.74, 6) is 2.43. The Kier molecular flexibility index (Phi) is 6.42. The number of thiophene rings is 1. The van der Waals surface area contributed by atoms with E-state index in [-0.39, 0.29) is 12.7 Å². The second-order valence-electron chi connectivity index (χ2n) is 9.59. The molecule has 0 bridgehead atoms. The Morgan fingerprint density at radius 2 is 1.91 bits per heavy atom. The fraction of sp³-hybridized carbons (Fsp3) is 0.577. The van der Waals surface area contributed by atoms with Gasteiger partial charge in [0.05, 0.1) is 6.42 Å². The number of ether oxygens (including phenoxy) is 2. The maximum absolute atomic E-state index is 13.0. The molecule has 1 fully saturated rings. The minimum Gasteiger partial charge on any atom is -0.454 e. The predicted molar refractivity (Wildman–Crippen MR) is 128 cm³/mol. The van der Waals surface area contributed by atoms with Crippen molar-refractivity contribution in [3.63, 3.8) is 0 Å². The average molecular weight is 455 g/mol. The first-order chi connectivity index (χ1) is 15.5. The van der Waals surface area contributed by atoms with Crippen molar-refractivity contribution >= 4 is 17.2 Å². The number of rotatable bonds is 6. The Balaban J connectivity index is 1.13. The summed E-state index contributed by atoms with van der Waals surface area (Å²) in [5, 5.41) is 0. The standard InChI is InChI=1S/C26H34N2O3S/c1-18-11-21(19(2)32-18)6-4-9-27-8-3-5-20(15-27)16-28-10-7-22-12-24-25(31-17-30-24)13-23(22)14-26(28)29/h11-13,20H,3-10,14-17H2,1-2H3. The number of hydrogen-bond donors (Lipinski definition) is 0. The van der Waals surface area contributed by atoms with Crippen molar-refractivity contribution in [2.24, 2.45) is 5.92 Å². The van der Waals surface area contributed by atoms with Crippen molar-refractivity contribution in [1.82, 2.24) is 9.80 Å². The quantitative estimate of drug-likeness (QED) is 0.650. The van der Waals surface area contributed by atoms with Crippen LogP contribution in [-0.2, 0) is 24.1 Å². The van der Waals surface area contributed by atoms with Gasteiger partial charge in [-0.15, -0.1) is 11.3 Å². The van der Waals surface area contributed by atoms with Gasteiger partial charge in [0.25, 0.3) is 0 Å². The van der Waals surface area contributed by atoms with E-state index in [0.29, 0.717) is 12.3 Å². The highest BCUT2D eigenvalue weighted by atomic mass is 32.1. The normalized spacial score (nSPS) is 21.0. The van der Waals surface area contributed by atoms with Gasteiger partial charge in [-0.2, -0.15) is 0 Å². The summed E-state index contributed by atoms with van der Waals surface area (Å²) in [6.07, 6.45) is 6.24. The molecule has 0 spiro atoms. The Hall–Kier alpha value is -2.05. The number of fused-ring (bicyclic) bond motifs is 2. The average Bonchev–Trinajstić information content (AvgIpc) is 3.31. The lowest BCUT2D eigenvalue weighted by atomic mass is 9.96. The van der Waals surface area contributed by atoms with Gasteiger partial charge >= 0.3 is 0 Å². The molecule has 1 atom stereocenters. The van der Waals surface area contributed by atoms with E-state index in [4.69, 9.17) is 9.47 Å². The van der Waals surface area contributed by atoms with Gasteiger partial charge in [0, 0.05) is 29.4 Å². The summed E-state index contributed by atoms with van der Waals surface area (Å²) in [7, 11) is 0. The van der Waals surface area contributed by atoms with Gasteiger partial charge in [-0.3, -0.25) is 4.79 Å². The molecule has 2 aromatic rings. The van der Waals surface area contributed by atoms with Crippen LogP contribution in [0.5, 0.6) is 11.5 Å².